The van der Waals surface area contributed by atoms with E-state index in [2.05, 4.69) is 4.40 Å². The van der Waals surface area contributed by atoms with Gasteiger partial charge in [-0.05, 0) is 44.5 Å². The number of aryl methyl sites for hydroxylation is 1. The molecule has 32 heavy (non-hydrogen) atoms. The number of fused-ring (bicyclic) bond motifs is 1. The van der Waals surface area contributed by atoms with Crippen molar-refractivity contribution in [1.29, 1.82) is 0 Å². The Morgan fingerprint density at radius 2 is 1.88 bits per heavy atom. The third kappa shape index (κ3) is 4.90. The number of hydrogen-bond acceptors (Lipinski definition) is 3. The molecule has 10 heteroatoms. The van der Waals surface area contributed by atoms with Gasteiger partial charge in [0.1, 0.15) is 11.0 Å². The van der Waals surface area contributed by atoms with Gasteiger partial charge in [-0.15, -0.1) is 0 Å². The van der Waals surface area contributed by atoms with Crippen LogP contribution in [0.2, 0.25) is 0 Å². The van der Waals surface area contributed by atoms with Gasteiger partial charge >= 0.3 is 11.7 Å². The fourth-order valence-corrected chi connectivity index (χ4v) is 3.63. The molecule has 0 aliphatic carbocycles. The van der Waals surface area contributed by atoms with Crippen molar-refractivity contribution >= 4 is 22.8 Å². The first-order valence-electron chi connectivity index (χ1n) is 9.79. The van der Waals surface area contributed by atoms with Crippen molar-refractivity contribution in [2.75, 3.05) is 0 Å². The summed E-state index contributed by atoms with van der Waals surface area (Å²) in [6, 6.07) is 9.18. The number of nitrogens with zero attached hydrogens (tertiary/aromatic N) is 3. The highest BCUT2D eigenvalue weighted by molar-refractivity contribution is 7.85. The van der Waals surface area contributed by atoms with E-state index in [-0.39, 0.29) is 24.1 Å². The third-order valence-electron chi connectivity index (χ3n) is 4.68. The van der Waals surface area contributed by atoms with Crippen LogP contribution >= 0.6 is 0 Å². The van der Waals surface area contributed by atoms with Crippen molar-refractivity contribution in [3.05, 3.63) is 64.6 Å². The molecule has 2 heterocycles. The minimum Gasteiger partial charge on any atom is -0.477 e. The molecule has 0 aliphatic rings. The Morgan fingerprint density at radius 3 is 2.53 bits per heavy atom. The molecule has 1 unspecified atom stereocenters. The second kappa shape index (κ2) is 8.85. The van der Waals surface area contributed by atoms with Crippen LogP contribution in [0.3, 0.4) is 0 Å². The molecule has 6 nitrogen and oxygen atoms in total. The number of aromatic nitrogens is 2. The first-order valence-corrected chi connectivity index (χ1v) is 10.9. The van der Waals surface area contributed by atoms with E-state index < -0.39 is 38.9 Å². The molecule has 2 aromatic heterocycles. The van der Waals surface area contributed by atoms with E-state index in [4.69, 9.17) is 0 Å². The molecule has 0 saturated heterocycles. The van der Waals surface area contributed by atoms with Crippen molar-refractivity contribution < 1.29 is 27.1 Å². The van der Waals surface area contributed by atoms with Crippen LogP contribution in [0.1, 0.15) is 32.8 Å². The Morgan fingerprint density at radius 1 is 1.16 bits per heavy atom. The second-order valence-corrected chi connectivity index (χ2v) is 10.0. The molecule has 0 amide bonds. The summed E-state index contributed by atoms with van der Waals surface area (Å²) in [6.45, 7) is 5.54. The summed E-state index contributed by atoms with van der Waals surface area (Å²) < 4.78 is 57.8. The standard InChI is InChI=1S/C22H22F3N3O3S/c1-21(2,3)32(31)26-11-7-13-28-17-10-4-5-12-27(17)19(29)18(20(28)30)15-8-6-9-16(14-15)22(23,24)25/h4-6,8-12,14H,7,13H2,1-3H3/p+1/b26-11-. The van der Waals surface area contributed by atoms with E-state index in [1.165, 1.54) is 33.5 Å². The van der Waals surface area contributed by atoms with Gasteiger partial charge in [-0.25, -0.2) is 9.00 Å². The summed E-state index contributed by atoms with van der Waals surface area (Å²) in [5, 5.41) is 10.9. The zero-order valence-corrected chi connectivity index (χ0v) is 18.6. The lowest BCUT2D eigenvalue weighted by atomic mass is 10.0. The van der Waals surface area contributed by atoms with Crippen molar-refractivity contribution in [2.24, 2.45) is 4.40 Å². The molecule has 170 valence electrons. The van der Waals surface area contributed by atoms with Crippen LogP contribution in [0.5, 0.6) is 5.88 Å². The molecule has 0 fully saturated rings. The van der Waals surface area contributed by atoms with E-state index in [9.17, 15) is 27.3 Å². The second-order valence-electron chi connectivity index (χ2n) is 8.10. The monoisotopic (exact) mass is 466 g/mol. The number of benzene rings is 1. The highest BCUT2D eigenvalue weighted by Gasteiger charge is 2.32. The van der Waals surface area contributed by atoms with Crippen LogP contribution in [0.4, 0.5) is 13.2 Å². The quantitative estimate of drug-likeness (QED) is 0.458. The van der Waals surface area contributed by atoms with Gasteiger partial charge in [-0.2, -0.15) is 26.5 Å². The summed E-state index contributed by atoms with van der Waals surface area (Å²) >= 11 is 0. The van der Waals surface area contributed by atoms with E-state index in [1.54, 1.807) is 39.0 Å². The molecule has 3 rings (SSSR count). The summed E-state index contributed by atoms with van der Waals surface area (Å²) in [5.74, 6) is -0.453. The molecule has 1 aromatic carbocycles. The van der Waals surface area contributed by atoms with Crippen molar-refractivity contribution in [3.8, 4) is 17.0 Å². The van der Waals surface area contributed by atoms with Gasteiger partial charge < -0.3 is 5.11 Å². The number of rotatable bonds is 5. The molecule has 1 atom stereocenters. The molecular formula is C22H23F3N3O3S+. The maximum Gasteiger partial charge on any atom is 0.416 e. The minimum absolute atomic E-state index is 0.0446. The van der Waals surface area contributed by atoms with E-state index in [1.807, 2.05) is 0 Å². The lowest BCUT2D eigenvalue weighted by molar-refractivity contribution is -0.678. The van der Waals surface area contributed by atoms with Crippen LogP contribution < -0.4 is 10.1 Å². The van der Waals surface area contributed by atoms with Crippen molar-refractivity contribution in [3.63, 3.8) is 0 Å². The normalized spacial score (nSPS) is 13.7. The van der Waals surface area contributed by atoms with Crippen LogP contribution in [-0.4, -0.2) is 24.7 Å². The summed E-state index contributed by atoms with van der Waals surface area (Å²) in [5.41, 5.74) is -1.49. The highest BCUT2D eigenvalue weighted by Crippen LogP contribution is 2.33. The van der Waals surface area contributed by atoms with E-state index in [0.717, 1.165) is 12.1 Å². The van der Waals surface area contributed by atoms with Crippen molar-refractivity contribution in [1.82, 2.24) is 4.40 Å². The van der Waals surface area contributed by atoms with E-state index >= 15 is 0 Å². The lowest BCUT2D eigenvalue weighted by Gasteiger charge is -2.13. The number of alkyl halides is 3. The van der Waals surface area contributed by atoms with Crippen molar-refractivity contribution in [2.45, 2.75) is 44.7 Å². The SMILES string of the molecule is CC(C)(C)S(=O)/N=C\CC[n+]1c(O)c(-c2cccc(C(F)(F)F)c2)c(=O)n2ccccc21. The number of aromatic hydroxyl groups is 1. The fourth-order valence-electron chi connectivity index (χ4n) is 3.07. The topological polar surface area (TPSA) is 75.0 Å². The lowest BCUT2D eigenvalue weighted by Crippen LogP contribution is -2.41. The van der Waals surface area contributed by atoms with Gasteiger partial charge in [-0.1, -0.05) is 18.2 Å². The predicted molar refractivity (Wildman–Crippen MR) is 117 cm³/mol. The molecule has 0 bridgehead atoms. The highest BCUT2D eigenvalue weighted by atomic mass is 32.2. The number of hydrogen-bond donors (Lipinski definition) is 1. The fraction of sp³-hybridized carbons (Fsp3) is 0.318. The zero-order valence-electron chi connectivity index (χ0n) is 17.8. The number of halogens is 3. The molecule has 3 aromatic rings. The van der Waals surface area contributed by atoms with Crippen LogP contribution in [0, 0.1) is 0 Å². The van der Waals surface area contributed by atoms with Gasteiger partial charge in [0.05, 0.1) is 23.1 Å². The Hall–Kier alpha value is -3.01. The van der Waals surface area contributed by atoms with Gasteiger partial charge in [0.15, 0.2) is 5.56 Å². The Kier molecular flexibility index (Phi) is 6.54. The first-order chi connectivity index (χ1) is 14.9. The number of pyridine rings is 1. The molecule has 1 N–H and O–H groups in total. The largest absolute Gasteiger partial charge is 0.477 e. The molecular weight excluding hydrogens is 443 g/mol. The Labute approximate surface area is 185 Å². The van der Waals surface area contributed by atoms with Gasteiger partial charge in [-0.3, -0.25) is 0 Å². The smallest absolute Gasteiger partial charge is 0.416 e. The van der Waals surface area contributed by atoms with Gasteiger partial charge in [0, 0.05) is 18.7 Å². The van der Waals surface area contributed by atoms with Gasteiger partial charge in [0.25, 0.3) is 11.5 Å². The molecule has 0 spiro atoms. The van der Waals surface area contributed by atoms with Crippen LogP contribution in [-0.2, 0) is 23.7 Å². The molecule has 0 aliphatic heterocycles. The summed E-state index contributed by atoms with van der Waals surface area (Å²) in [7, 11) is -1.44. The average molecular weight is 467 g/mol. The first kappa shape index (κ1) is 23.6. The van der Waals surface area contributed by atoms with Crippen LogP contribution in [0.15, 0.2) is 57.9 Å². The maximum atomic E-state index is 13.2. The molecule has 0 radical (unpaired) electrons. The zero-order chi connectivity index (χ0) is 23.7. The minimum atomic E-state index is -4.59. The maximum absolute atomic E-state index is 13.2. The predicted octanol–water partition coefficient (Wildman–Crippen LogP) is 3.90. The van der Waals surface area contributed by atoms with Crippen LogP contribution in [0.25, 0.3) is 16.8 Å². The average Bonchev–Trinajstić information content (AvgIpc) is 2.72. The van der Waals surface area contributed by atoms with Gasteiger partial charge in [0.2, 0.25) is 0 Å². The summed E-state index contributed by atoms with van der Waals surface area (Å²) in [6.07, 6.45) is -1.35. The molecule has 0 saturated carbocycles. The Balaban J connectivity index is 2.10. The Bertz CT molecular complexity index is 1260. The van der Waals surface area contributed by atoms with E-state index in [0.29, 0.717) is 5.65 Å². The third-order valence-corrected chi connectivity index (χ3v) is 6.07. The summed E-state index contributed by atoms with van der Waals surface area (Å²) in [4.78, 5) is 13.0.